The molecule has 2 aromatic heterocycles. The van der Waals surface area contributed by atoms with Crippen molar-refractivity contribution in [2.75, 3.05) is 5.32 Å². The van der Waals surface area contributed by atoms with Crippen molar-refractivity contribution in [3.8, 4) is 0 Å². The lowest BCUT2D eigenvalue weighted by molar-refractivity contribution is -0.137. The third-order valence-electron chi connectivity index (χ3n) is 4.38. The smallest absolute Gasteiger partial charge is 0.303 e. The molecule has 0 unspecified atom stereocenters. The highest BCUT2D eigenvalue weighted by molar-refractivity contribution is 5.87. The lowest BCUT2D eigenvalue weighted by atomic mass is 10.2. The number of fused-ring (bicyclic) bond motifs is 1. The molecule has 0 aliphatic carbocycles. The molecule has 3 aromatic rings. The Hall–Kier alpha value is -2.96. The fourth-order valence-electron chi connectivity index (χ4n) is 3.11. The van der Waals surface area contributed by atoms with E-state index in [1.54, 1.807) is 0 Å². The van der Waals surface area contributed by atoms with E-state index in [9.17, 15) is 4.79 Å². The van der Waals surface area contributed by atoms with E-state index in [1.165, 1.54) is 0 Å². The van der Waals surface area contributed by atoms with Gasteiger partial charge >= 0.3 is 5.97 Å². The van der Waals surface area contributed by atoms with Crippen LogP contribution in [-0.4, -0.2) is 30.8 Å². The second kappa shape index (κ2) is 8.62. The zero-order valence-electron chi connectivity index (χ0n) is 15.8. The number of anilines is 1. The van der Waals surface area contributed by atoms with Gasteiger partial charge in [0.25, 0.3) is 0 Å². The number of nitrogens with zero attached hydrogens (tertiary/aromatic N) is 4. The molecule has 0 fully saturated rings. The van der Waals surface area contributed by atoms with Crippen LogP contribution in [-0.2, 0) is 31.2 Å². The number of hydrogen-bond donors (Lipinski definition) is 2. The Labute approximate surface area is 158 Å². The van der Waals surface area contributed by atoms with Crippen molar-refractivity contribution in [2.45, 2.75) is 45.6 Å². The highest BCUT2D eigenvalue weighted by Gasteiger charge is 2.17. The maximum Gasteiger partial charge on any atom is 0.303 e. The molecule has 2 heterocycles. The normalized spacial score (nSPS) is 11.0. The van der Waals surface area contributed by atoms with E-state index >= 15 is 0 Å². The van der Waals surface area contributed by atoms with Crippen LogP contribution in [0, 0.1) is 0 Å². The van der Waals surface area contributed by atoms with Gasteiger partial charge in [-0.2, -0.15) is 5.10 Å². The first-order valence-electron chi connectivity index (χ1n) is 9.30. The van der Waals surface area contributed by atoms with Gasteiger partial charge in [0.2, 0.25) is 0 Å². The quantitative estimate of drug-likeness (QED) is 0.602. The number of aliphatic carboxylic acids is 1. The molecule has 1 aromatic carbocycles. The van der Waals surface area contributed by atoms with Crippen molar-refractivity contribution >= 4 is 22.8 Å². The Balaban J connectivity index is 1.93. The molecule has 0 radical (unpaired) electrons. The average Bonchev–Trinajstić information content (AvgIpc) is 2.96. The number of benzene rings is 1. The number of carboxylic acid groups (broad SMARTS) is 1. The second-order valence-corrected chi connectivity index (χ2v) is 6.59. The van der Waals surface area contributed by atoms with Crippen LogP contribution < -0.4 is 5.32 Å². The maximum absolute atomic E-state index is 10.8. The SMILES string of the molecule is CCCc1nn(C)c2c(NCc3ccccc3)nc(CCCC(=O)O)nc12. The van der Waals surface area contributed by atoms with Crippen molar-refractivity contribution in [1.29, 1.82) is 0 Å². The molecule has 0 saturated heterocycles. The standard InChI is InChI=1S/C20H25N5O2/c1-3-8-15-18-19(25(2)24-15)20(21-13-14-9-5-4-6-10-14)23-16(22-18)11-7-12-17(26)27/h4-6,9-10H,3,7-8,11-13H2,1-2H3,(H,26,27)(H,21,22,23). The van der Waals surface area contributed by atoms with Gasteiger partial charge in [-0.3, -0.25) is 9.48 Å². The Bertz CT molecular complexity index is 921. The number of rotatable bonds is 9. The molecule has 7 heteroatoms. The first kappa shape index (κ1) is 18.8. The van der Waals surface area contributed by atoms with Crippen molar-refractivity contribution in [2.24, 2.45) is 7.05 Å². The van der Waals surface area contributed by atoms with E-state index in [-0.39, 0.29) is 6.42 Å². The zero-order chi connectivity index (χ0) is 19.2. The molecule has 7 nitrogen and oxygen atoms in total. The molecule has 0 spiro atoms. The minimum Gasteiger partial charge on any atom is -0.481 e. The molecular weight excluding hydrogens is 342 g/mol. The van der Waals surface area contributed by atoms with Crippen molar-refractivity contribution in [3.05, 3.63) is 47.4 Å². The van der Waals surface area contributed by atoms with Crippen LogP contribution in [0.15, 0.2) is 30.3 Å². The number of aryl methyl sites for hydroxylation is 3. The summed E-state index contributed by atoms with van der Waals surface area (Å²) in [6.07, 6.45) is 2.99. The van der Waals surface area contributed by atoms with Crippen LogP contribution in [0.4, 0.5) is 5.82 Å². The van der Waals surface area contributed by atoms with E-state index in [2.05, 4.69) is 34.5 Å². The van der Waals surface area contributed by atoms with Crippen LogP contribution in [0.1, 0.15) is 43.3 Å². The second-order valence-electron chi connectivity index (χ2n) is 6.59. The zero-order valence-corrected chi connectivity index (χ0v) is 15.8. The molecule has 0 saturated carbocycles. The van der Waals surface area contributed by atoms with Crippen LogP contribution in [0.3, 0.4) is 0 Å². The summed E-state index contributed by atoms with van der Waals surface area (Å²) in [5.41, 5.74) is 3.86. The Morgan fingerprint density at radius 2 is 1.96 bits per heavy atom. The summed E-state index contributed by atoms with van der Waals surface area (Å²) in [7, 11) is 1.91. The summed E-state index contributed by atoms with van der Waals surface area (Å²) in [5, 5.41) is 16.9. The van der Waals surface area contributed by atoms with Gasteiger partial charge in [-0.25, -0.2) is 9.97 Å². The van der Waals surface area contributed by atoms with Gasteiger partial charge in [-0.1, -0.05) is 43.7 Å². The topological polar surface area (TPSA) is 92.9 Å². The fourth-order valence-corrected chi connectivity index (χ4v) is 3.11. The Kier molecular flexibility index (Phi) is 6.01. The minimum absolute atomic E-state index is 0.114. The first-order chi connectivity index (χ1) is 13.1. The largest absolute Gasteiger partial charge is 0.481 e. The fraction of sp³-hybridized carbons (Fsp3) is 0.400. The van der Waals surface area contributed by atoms with Crippen LogP contribution in [0.2, 0.25) is 0 Å². The minimum atomic E-state index is -0.799. The molecule has 0 bridgehead atoms. The highest BCUT2D eigenvalue weighted by Crippen LogP contribution is 2.25. The van der Waals surface area contributed by atoms with Crippen molar-refractivity contribution < 1.29 is 9.90 Å². The van der Waals surface area contributed by atoms with E-state index in [0.717, 1.165) is 41.0 Å². The maximum atomic E-state index is 10.8. The summed E-state index contributed by atoms with van der Waals surface area (Å²) in [4.78, 5) is 20.2. The first-order valence-corrected chi connectivity index (χ1v) is 9.30. The van der Waals surface area contributed by atoms with Crippen LogP contribution >= 0.6 is 0 Å². The van der Waals surface area contributed by atoms with E-state index in [4.69, 9.17) is 10.1 Å². The van der Waals surface area contributed by atoms with Gasteiger partial charge < -0.3 is 10.4 Å². The molecular formula is C20H25N5O2. The molecule has 0 amide bonds. The van der Waals surface area contributed by atoms with Crippen molar-refractivity contribution in [1.82, 2.24) is 19.7 Å². The van der Waals surface area contributed by atoms with Gasteiger partial charge in [-0.15, -0.1) is 0 Å². The van der Waals surface area contributed by atoms with Gasteiger partial charge in [0.1, 0.15) is 16.9 Å². The van der Waals surface area contributed by atoms with Crippen LogP contribution in [0.25, 0.3) is 11.0 Å². The molecule has 142 valence electrons. The van der Waals surface area contributed by atoms with E-state index in [0.29, 0.717) is 25.2 Å². The Morgan fingerprint density at radius 1 is 1.19 bits per heavy atom. The Morgan fingerprint density at radius 3 is 2.67 bits per heavy atom. The summed E-state index contributed by atoms with van der Waals surface area (Å²) in [6.45, 7) is 2.76. The van der Waals surface area contributed by atoms with E-state index in [1.807, 2.05) is 29.9 Å². The lowest BCUT2D eigenvalue weighted by Crippen LogP contribution is -2.08. The summed E-state index contributed by atoms with van der Waals surface area (Å²) in [6, 6.07) is 10.1. The predicted molar refractivity (Wildman–Crippen MR) is 105 cm³/mol. The molecule has 0 aliphatic heterocycles. The monoisotopic (exact) mass is 367 g/mol. The van der Waals surface area contributed by atoms with Crippen molar-refractivity contribution in [3.63, 3.8) is 0 Å². The third-order valence-corrected chi connectivity index (χ3v) is 4.38. The number of hydrogen-bond acceptors (Lipinski definition) is 5. The summed E-state index contributed by atoms with van der Waals surface area (Å²) in [5.74, 6) is 0.600. The number of nitrogens with one attached hydrogen (secondary N) is 1. The third kappa shape index (κ3) is 4.61. The van der Waals surface area contributed by atoms with Gasteiger partial charge in [0.15, 0.2) is 5.82 Å². The van der Waals surface area contributed by atoms with Crippen LogP contribution in [0.5, 0.6) is 0 Å². The van der Waals surface area contributed by atoms with Gasteiger partial charge in [0, 0.05) is 26.4 Å². The molecule has 0 atom stereocenters. The van der Waals surface area contributed by atoms with E-state index < -0.39 is 5.97 Å². The number of carbonyl (C=O) groups is 1. The van der Waals surface area contributed by atoms with Gasteiger partial charge in [0.05, 0.1) is 5.69 Å². The molecule has 2 N–H and O–H groups in total. The number of aromatic nitrogens is 4. The average molecular weight is 367 g/mol. The highest BCUT2D eigenvalue weighted by atomic mass is 16.4. The predicted octanol–water partition coefficient (Wildman–Crippen LogP) is 3.34. The molecule has 27 heavy (non-hydrogen) atoms. The number of carboxylic acids is 1. The van der Waals surface area contributed by atoms with Gasteiger partial charge in [-0.05, 0) is 18.4 Å². The summed E-state index contributed by atoms with van der Waals surface area (Å²) < 4.78 is 1.83. The summed E-state index contributed by atoms with van der Waals surface area (Å²) >= 11 is 0. The lowest BCUT2D eigenvalue weighted by Gasteiger charge is -2.10. The molecule has 3 rings (SSSR count). The molecule has 0 aliphatic rings.